The van der Waals surface area contributed by atoms with Crippen molar-refractivity contribution >= 4 is 30.3 Å². The molecule has 1 aromatic carbocycles. The van der Waals surface area contributed by atoms with Gasteiger partial charge in [0.15, 0.2) is 5.78 Å². The Bertz CT molecular complexity index is 546. The summed E-state index contributed by atoms with van der Waals surface area (Å²) in [5, 5.41) is 8.32. The summed E-state index contributed by atoms with van der Waals surface area (Å²) in [5.41, 5.74) is 0.501. The van der Waals surface area contributed by atoms with E-state index in [2.05, 4.69) is 12.6 Å². The normalized spacial score (nSPS) is 19.3. The number of carbonyl (C=O) groups is 3. The number of nitrogens with zero attached hydrogens (tertiary/aromatic N) is 1. The number of likely N-dealkylation sites (tertiary alicyclic amines) is 1. The maximum atomic E-state index is 12.2. The molecule has 1 aliphatic heterocycles. The summed E-state index contributed by atoms with van der Waals surface area (Å²) in [6, 6.07) is 7.87. The van der Waals surface area contributed by atoms with Crippen molar-refractivity contribution in [2.45, 2.75) is 30.6 Å². The molecule has 0 radical (unpaired) electrons. The standard InChI is InChI=1S/C15H17NO4S/c17-13(16-8-4-7-11(16)15(19)20)9-12(21)14(18)10-5-2-1-3-6-10/h1-3,5-6,11-12,21H,4,7-9H2,(H,19,20)/t11-,12?/m0/s1. The zero-order valence-electron chi connectivity index (χ0n) is 11.4. The average Bonchev–Trinajstić information content (AvgIpc) is 2.97. The van der Waals surface area contributed by atoms with Gasteiger partial charge in [0.2, 0.25) is 5.91 Å². The van der Waals surface area contributed by atoms with Gasteiger partial charge >= 0.3 is 5.97 Å². The molecule has 2 atom stereocenters. The SMILES string of the molecule is O=C(c1ccccc1)C(S)CC(=O)N1CCC[C@H]1C(=O)O. The number of carbonyl (C=O) groups excluding carboxylic acids is 2. The highest BCUT2D eigenvalue weighted by Crippen LogP contribution is 2.21. The van der Waals surface area contributed by atoms with Crippen LogP contribution < -0.4 is 0 Å². The third-order valence-corrected chi connectivity index (χ3v) is 4.00. The Morgan fingerprint density at radius 2 is 1.95 bits per heavy atom. The van der Waals surface area contributed by atoms with Gasteiger partial charge in [-0.15, -0.1) is 0 Å². The molecular weight excluding hydrogens is 290 g/mol. The number of hydrogen-bond acceptors (Lipinski definition) is 4. The van der Waals surface area contributed by atoms with Gasteiger partial charge in [0, 0.05) is 18.5 Å². The van der Waals surface area contributed by atoms with Gasteiger partial charge in [0.05, 0.1) is 5.25 Å². The second-order valence-electron chi connectivity index (χ2n) is 5.03. The van der Waals surface area contributed by atoms with Gasteiger partial charge in [-0.2, -0.15) is 12.6 Å². The van der Waals surface area contributed by atoms with Crippen molar-refractivity contribution in [3.05, 3.63) is 35.9 Å². The summed E-state index contributed by atoms with van der Waals surface area (Å²) >= 11 is 4.21. The topological polar surface area (TPSA) is 74.7 Å². The van der Waals surface area contributed by atoms with Crippen molar-refractivity contribution in [3.8, 4) is 0 Å². The Balaban J connectivity index is 1.99. The molecule has 112 valence electrons. The molecule has 1 unspecified atom stereocenters. The van der Waals surface area contributed by atoms with Crippen molar-refractivity contribution in [3.63, 3.8) is 0 Å². The van der Waals surface area contributed by atoms with Crippen LogP contribution in [0.5, 0.6) is 0 Å². The van der Waals surface area contributed by atoms with Crippen LogP contribution in [0.25, 0.3) is 0 Å². The lowest BCUT2D eigenvalue weighted by molar-refractivity contribution is -0.148. The maximum absolute atomic E-state index is 12.2. The summed E-state index contributed by atoms with van der Waals surface area (Å²) in [4.78, 5) is 36.7. The first-order valence-electron chi connectivity index (χ1n) is 6.80. The third-order valence-electron chi connectivity index (χ3n) is 3.59. The van der Waals surface area contributed by atoms with Crippen molar-refractivity contribution in [1.82, 2.24) is 4.90 Å². The number of carboxylic acid groups (broad SMARTS) is 1. The van der Waals surface area contributed by atoms with E-state index >= 15 is 0 Å². The highest BCUT2D eigenvalue weighted by Gasteiger charge is 2.35. The Kier molecular flexibility index (Phi) is 5.01. The van der Waals surface area contributed by atoms with Crippen molar-refractivity contribution in [2.24, 2.45) is 0 Å². The molecular formula is C15H17NO4S. The van der Waals surface area contributed by atoms with E-state index in [-0.39, 0.29) is 18.1 Å². The molecule has 0 saturated carbocycles. The highest BCUT2D eigenvalue weighted by atomic mass is 32.1. The zero-order valence-corrected chi connectivity index (χ0v) is 12.3. The van der Waals surface area contributed by atoms with E-state index < -0.39 is 17.3 Å². The van der Waals surface area contributed by atoms with Crippen LogP contribution in [0.3, 0.4) is 0 Å². The lowest BCUT2D eigenvalue weighted by Gasteiger charge is -2.22. The van der Waals surface area contributed by atoms with E-state index in [0.717, 1.165) is 0 Å². The number of benzene rings is 1. The highest BCUT2D eigenvalue weighted by molar-refractivity contribution is 7.81. The lowest BCUT2D eigenvalue weighted by atomic mass is 10.1. The van der Waals surface area contributed by atoms with Crippen molar-refractivity contribution < 1.29 is 19.5 Å². The molecule has 0 spiro atoms. The fourth-order valence-electron chi connectivity index (χ4n) is 2.49. The molecule has 21 heavy (non-hydrogen) atoms. The number of aliphatic carboxylic acids is 1. The van der Waals surface area contributed by atoms with Gasteiger partial charge in [-0.25, -0.2) is 4.79 Å². The largest absolute Gasteiger partial charge is 0.480 e. The number of ketones is 1. The summed E-state index contributed by atoms with van der Waals surface area (Å²) in [5.74, 6) is -1.55. The number of carboxylic acids is 1. The Morgan fingerprint density at radius 3 is 2.57 bits per heavy atom. The number of Topliss-reactive ketones (excluding diaryl/α,β-unsaturated/α-hetero) is 1. The molecule has 1 aromatic rings. The molecule has 6 heteroatoms. The lowest BCUT2D eigenvalue weighted by Crippen LogP contribution is -2.41. The van der Waals surface area contributed by atoms with Gasteiger partial charge in [-0.1, -0.05) is 30.3 Å². The van der Waals surface area contributed by atoms with Gasteiger partial charge in [-0.05, 0) is 12.8 Å². The van der Waals surface area contributed by atoms with E-state index in [0.29, 0.717) is 24.9 Å². The smallest absolute Gasteiger partial charge is 0.326 e. The van der Waals surface area contributed by atoms with E-state index in [9.17, 15) is 14.4 Å². The van der Waals surface area contributed by atoms with Crippen LogP contribution in [-0.4, -0.2) is 45.5 Å². The summed E-state index contributed by atoms with van der Waals surface area (Å²) < 4.78 is 0. The molecule has 2 rings (SSSR count). The van der Waals surface area contributed by atoms with Crippen molar-refractivity contribution in [2.75, 3.05) is 6.54 Å². The van der Waals surface area contributed by atoms with Crippen molar-refractivity contribution in [1.29, 1.82) is 0 Å². The first-order valence-corrected chi connectivity index (χ1v) is 7.32. The van der Waals surface area contributed by atoms with Crippen LogP contribution >= 0.6 is 12.6 Å². The van der Waals surface area contributed by atoms with E-state index in [4.69, 9.17) is 5.11 Å². The second kappa shape index (κ2) is 6.76. The van der Waals surface area contributed by atoms with E-state index in [1.54, 1.807) is 30.3 Å². The van der Waals surface area contributed by atoms with E-state index in [1.807, 2.05) is 0 Å². The number of rotatable bonds is 5. The predicted octanol–water partition coefficient (Wildman–Crippen LogP) is 1.63. The first-order chi connectivity index (χ1) is 10.0. The van der Waals surface area contributed by atoms with Crippen LogP contribution in [0.4, 0.5) is 0 Å². The summed E-state index contributed by atoms with van der Waals surface area (Å²) in [6.07, 6.45) is 1.05. The van der Waals surface area contributed by atoms with Crippen LogP contribution in [0, 0.1) is 0 Å². The van der Waals surface area contributed by atoms with Gasteiger partial charge in [-0.3, -0.25) is 9.59 Å². The summed E-state index contributed by atoms with van der Waals surface area (Å²) in [6.45, 7) is 0.426. The first kappa shape index (κ1) is 15.6. The molecule has 1 aliphatic rings. The minimum Gasteiger partial charge on any atom is -0.480 e. The zero-order chi connectivity index (χ0) is 15.4. The molecule has 1 amide bonds. The summed E-state index contributed by atoms with van der Waals surface area (Å²) in [7, 11) is 0. The quantitative estimate of drug-likeness (QED) is 0.640. The van der Waals surface area contributed by atoms with Gasteiger partial charge in [0.1, 0.15) is 6.04 Å². The van der Waals surface area contributed by atoms with Gasteiger partial charge in [0.25, 0.3) is 0 Å². The minimum atomic E-state index is -0.994. The molecule has 0 aromatic heterocycles. The van der Waals surface area contributed by atoms with Crippen LogP contribution in [0.1, 0.15) is 29.6 Å². The fraction of sp³-hybridized carbons (Fsp3) is 0.400. The molecule has 1 saturated heterocycles. The second-order valence-corrected chi connectivity index (χ2v) is 5.66. The number of amides is 1. The monoisotopic (exact) mass is 307 g/mol. The molecule has 1 N–H and O–H groups in total. The molecule has 0 bridgehead atoms. The Hall–Kier alpha value is -1.82. The van der Waals surface area contributed by atoms with Crippen LogP contribution in [0.2, 0.25) is 0 Å². The van der Waals surface area contributed by atoms with Gasteiger partial charge < -0.3 is 10.0 Å². The fourth-order valence-corrected chi connectivity index (χ4v) is 2.80. The number of thiol groups is 1. The molecule has 1 heterocycles. The Morgan fingerprint density at radius 1 is 1.29 bits per heavy atom. The predicted molar refractivity (Wildman–Crippen MR) is 80.5 cm³/mol. The maximum Gasteiger partial charge on any atom is 0.326 e. The molecule has 5 nitrogen and oxygen atoms in total. The van der Waals surface area contributed by atoms with Crippen LogP contribution in [-0.2, 0) is 9.59 Å². The molecule has 1 fully saturated rings. The minimum absolute atomic E-state index is 0.0827. The Labute approximate surface area is 128 Å². The third kappa shape index (κ3) is 3.64. The van der Waals surface area contributed by atoms with Crippen LogP contribution in [0.15, 0.2) is 30.3 Å². The number of hydrogen-bond donors (Lipinski definition) is 2. The van der Waals surface area contributed by atoms with E-state index in [1.165, 1.54) is 4.90 Å². The molecule has 0 aliphatic carbocycles. The average molecular weight is 307 g/mol.